The first-order chi connectivity index (χ1) is 11.0. The summed E-state index contributed by atoms with van der Waals surface area (Å²) in [4.78, 5) is 33.5. The number of ketones is 1. The molecule has 0 heterocycles. The second kappa shape index (κ2) is 9.99. The Morgan fingerprint density at radius 1 is 1.26 bits per heavy atom. The van der Waals surface area contributed by atoms with Gasteiger partial charge in [0.2, 0.25) is 0 Å². The van der Waals surface area contributed by atoms with Crippen molar-refractivity contribution in [1.82, 2.24) is 5.32 Å². The van der Waals surface area contributed by atoms with Crippen LogP contribution in [0.1, 0.15) is 23.7 Å². The zero-order chi connectivity index (χ0) is 17.1. The van der Waals surface area contributed by atoms with Gasteiger partial charge in [-0.3, -0.25) is 9.59 Å². The maximum Gasteiger partial charge on any atom is 0.341 e. The van der Waals surface area contributed by atoms with Crippen molar-refractivity contribution in [2.75, 3.05) is 19.8 Å². The van der Waals surface area contributed by atoms with Crippen LogP contribution in [-0.2, 0) is 14.3 Å². The number of hydrogen-bond donors (Lipinski definition) is 2. The molecule has 0 aromatic heterocycles. The topological polar surface area (TPSA) is 102 Å². The van der Waals surface area contributed by atoms with Crippen LogP contribution in [0.15, 0.2) is 36.6 Å². The minimum absolute atomic E-state index is 0.203. The lowest BCUT2D eigenvalue weighted by atomic mass is 10.2. The van der Waals surface area contributed by atoms with Crippen molar-refractivity contribution in [3.8, 4) is 5.75 Å². The zero-order valence-corrected chi connectivity index (χ0v) is 12.8. The summed E-state index contributed by atoms with van der Waals surface area (Å²) in [6, 6.07) is 6.49. The second-order valence-electron chi connectivity index (χ2n) is 4.55. The summed E-state index contributed by atoms with van der Waals surface area (Å²) in [5.74, 6) is -1.33. The maximum atomic E-state index is 11.8. The number of nitrogens with one attached hydrogen (secondary N) is 1. The average Bonchev–Trinajstić information content (AvgIpc) is 2.54. The number of carboxylic acid groups (broad SMARTS) is 1. The summed E-state index contributed by atoms with van der Waals surface area (Å²) >= 11 is 0. The Labute approximate surface area is 133 Å². The molecule has 0 fully saturated rings. The molecule has 2 N–H and O–H groups in total. The number of amides is 1. The Hall–Kier alpha value is -2.83. The van der Waals surface area contributed by atoms with Crippen molar-refractivity contribution < 1.29 is 29.0 Å². The highest BCUT2D eigenvalue weighted by atomic mass is 16.5. The van der Waals surface area contributed by atoms with Crippen LogP contribution >= 0.6 is 0 Å². The largest absolute Gasteiger partial charge is 0.489 e. The molecule has 124 valence electrons. The van der Waals surface area contributed by atoms with E-state index >= 15 is 0 Å². The van der Waals surface area contributed by atoms with E-state index in [1.54, 1.807) is 24.3 Å². The van der Waals surface area contributed by atoms with Gasteiger partial charge in [0.05, 0.1) is 6.26 Å². The fraction of sp³-hybridized carbons (Fsp3) is 0.312. The SMILES string of the molecule is CCCNC(=O)c1cccc(OCC(=O)/C=C/OCC(=O)O)c1. The van der Waals surface area contributed by atoms with Crippen LogP contribution in [-0.4, -0.2) is 42.5 Å². The van der Waals surface area contributed by atoms with Crippen LogP contribution < -0.4 is 10.1 Å². The van der Waals surface area contributed by atoms with Gasteiger partial charge in [0.25, 0.3) is 5.91 Å². The van der Waals surface area contributed by atoms with Crippen molar-refractivity contribution in [2.24, 2.45) is 0 Å². The van der Waals surface area contributed by atoms with E-state index in [4.69, 9.17) is 9.84 Å². The summed E-state index contributed by atoms with van der Waals surface area (Å²) in [6.07, 6.45) is 2.93. The molecule has 0 aliphatic carbocycles. The molecule has 0 unspecified atom stereocenters. The van der Waals surface area contributed by atoms with E-state index in [0.717, 1.165) is 18.8 Å². The number of carboxylic acids is 1. The fourth-order valence-electron chi connectivity index (χ4n) is 1.51. The Kier molecular flexibility index (Phi) is 7.91. The van der Waals surface area contributed by atoms with Gasteiger partial charge in [-0.1, -0.05) is 13.0 Å². The summed E-state index contributed by atoms with van der Waals surface area (Å²) in [7, 11) is 0. The molecule has 0 aliphatic rings. The minimum Gasteiger partial charge on any atom is -0.489 e. The Bertz CT molecular complexity index is 582. The molecule has 0 spiro atoms. The van der Waals surface area contributed by atoms with Gasteiger partial charge in [-0.15, -0.1) is 0 Å². The smallest absolute Gasteiger partial charge is 0.341 e. The van der Waals surface area contributed by atoms with Crippen molar-refractivity contribution in [3.05, 3.63) is 42.2 Å². The quantitative estimate of drug-likeness (QED) is 0.499. The first kappa shape index (κ1) is 18.2. The summed E-state index contributed by atoms with van der Waals surface area (Å²) < 4.78 is 9.89. The van der Waals surface area contributed by atoms with Gasteiger partial charge in [0.15, 0.2) is 19.0 Å². The lowest BCUT2D eigenvalue weighted by Gasteiger charge is -2.07. The van der Waals surface area contributed by atoms with E-state index in [1.165, 1.54) is 0 Å². The summed E-state index contributed by atoms with van der Waals surface area (Å²) in [6.45, 7) is 1.79. The first-order valence-corrected chi connectivity index (χ1v) is 7.06. The highest BCUT2D eigenvalue weighted by Crippen LogP contribution is 2.13. The third kappa shape index (κ3) is 7.66. The Balaban J connectivity index is 2.47. The number of ether oxygens (including phenoxy) is 2. The van der Waals surface area contributed by atoms with E-state index in [1.807, 2.05) is 6.92 Å². The number of benzene rings is 1. The average molecular weight is 321 g/mol. The molecule has 1 amide bonds. The normalized spacial score (nSPS) is 10.3. The molecule has 0 atom stereocenters. The molecule has 1 aromatic rings. The minimum atomic E-state index is -1.13. The monoisotopic (exact) mass is 321 g/mol. The number of rotatable bonds is 10. The molecule has 0 bridgehead atoms. The van der Waals surface area contributed by atoms with Crippen LogP contribution in [0, 0.1) is 0 Å². The van der Waals surface area contributed by atoms with Crippen LogP contribution in [0.25, 0.3) is 0 Å². The molecule has 1 aromatic carbocycles. The molecule has 1 rings (SSSR count). The van der Waals surface area contributed by atoms with Crippen LogP contribution in [0.2, 0.25) is 0 Å². The second-order valence-corrected chi connectivity index (χ2v) is 4.55. The van der Waals surface area contributed by atoms with E-state index < -0.39 is 18.4 Å². The molecular formula is C16H19NO6. The van der Waals surface area contributed by atoms with Gasteiger partial charge in [-0.05, 0) is 24.6 Å². The van der Waals surface area contributed by atoms with E-state index in [-0.39, 0.29) is 12.5 Å². The van der Waals surface area contributed by atoms with Gasteiger partial charge in [-0.25, -0.2) is 4.79 Å². The number of carbonyl (C=O) groups is 3. The zero-order valence-electron chi connectivity index (χ0n) is 12.8. The predicted octanol–water partition coefficient (Wildman–Crippen LogP) is 1.39. The van der Waals surface area contributed by atoms with Crippen molar-refractivity contribution >= 4 is 17.7 Å². The van der Waals surface area contributed by atoms with Crippen molar-refractivity contribution in [3.63, 3.8) is 0 Å². The number of aliphatic carboxylic acids is 1. The first-order valence-electron chi connectivity index (χ1n) is 7.06. The van der Waals surface area contributed by atoms with Gasteiger partial charge in [-0.2, -0.15) is 0 Å². The van der Waals surface area contributed by atoms with Crippen LogP contribution in [0.4, 0.5) is 0 Å². The maximum absolute atomic E-state index is 11.8. The van der Waals surface area contributed by atoms with E-state index in [0.29, 0.717) is 17.9 Å². The molecule has 0 radical (unpaired) electrons. The Morgan fingerprint density at radius 2 is 2.04 bits per heavy atom. The predicted molar refractivity (Wildman–Crippen MR) is 82.3 cm³/mol. The van der Waals surface area contributed by atoms with Crippen LogP contribution in [0.5, 0.6) is 5.75 Å². The third-order valence-electron chi connectivity index (χ3n) is 2.57. The van der Waals surface area contributed by atoms with Gasteiger partial charge < -0.3 is 19.9 Å². The lowest BCUT2D eigenvalue weighted by molar-refractivity contribution is -0.140. The molecule has 0 saturated carbocycles. The van der Waals surface area contributed by atoms with Crippen molar-refractivity contribution in [2.45, 2.75) is 13.3 Å². The third-order valence-corrected chi connectivity index (χ3v) is 2.57. The van der Waals surface area contributed by atoms with Gasteiger partial charge >= 0.3 is 5.97 Å². The van der Waals surface area contributed by atoms with E-state index in [9.17, 15) is 14.4 Å². The molecule has 7 nitrogen and oxygen atoms in total. The van der Waals surface area contributed by atoms with E-state index in [2.05, 4.69) is 10.1 Å². The highest BCUT2D eigenvalue weighted by Gasteiger charge is 2.06. The lowest BCUT2D eigenvalue weighted by Crippen LogP contribution is -2.23. The molecule has 23 heavy (non-hydrogen) atoms. The number of carbonyl (C=O) groups excluding carboxylic acids is 2. The molecule has 0 saturated heterocycles. The Morgan fingerprint density at radius 3 is 2.74 bits per heavy atom. The summed E-state index contributed by atoms with van der Waals surface area (Å²) in [5.41, 5.74) is 0.448. The van der Waals surface area contributed by atoms with Crippen molar-refractivity contribution in [1.29, 1.82) is 0 Å². The molecular weight excluding hydrogens is 302 g/mol. The fourth-order valence-corrected chi connectivity index (χ4v) is 1.51. The van der Waals surface area contributed by atoms with Gasteiger partial charge in [0.1, 0.15) is 5.75 Å². The standard InChI is InChI=1S/C16H19NO6/c1-2-7-17-16(21)12-4-3-5-14(9-12)23-10-13(18)6-8-22-11-15(19)20/h3-6,8-9H,2,7,10-11H2,1H3,(H,17,21)(H,19,20)/b8-6+. The van der Waals surface area contributed by atoms with Crippen LogP contribution in [0.3, 0.4) is 0 Å². The molecule has 7 heteroatoms. The van der Waals surface area contributed by atoms with Gasteiger partial charge in [0, 0.05) is 18.2 Å². The summed E-state index contributed by atoms with van der Waals surface area (Å²) in [5, 5.41) is 11.1. The number of hydrogen-bond acceptors (Lipinski definition) is 5. The molecule has 0 aliphatic heterocycles. The highest BCUT2D eigenvalue weighted by molar-refractivity contribution is 5.94.